The lowest BCUT2D eigenvalue weighted by Crippen LogP contribution is -2.38. The number of aliphatic hydroxyl groups is 4. The highest BCUT2D eigenvalue weighted by atomic mass is 32.2. The number of carbonyl (C=O) groups excluding carboxylic acids is 4. The maximum Gasteiger partial charge on any atom is 0.321 e. The van der Waals surface area contributed by atoms with Gasteiger partial charge in [0.15, 0.2) is 43.8 Å². The maximum absolute atomic E-state index is 13.0. The minimum absolute atomic E-state index is 0.276. The van der Waals surface area contributed by atoms with Crippen LogP contribution in [-0.4, -0.2) is 230 Å². The maximum atomic E-state index is 13.0. The predicted octanol–water partition coefficient (Wildman–Crippen LogP) is 13.6. The standard InChI is InChI=1S/C23H30N6O4S.C22H22N6O3S.C20H25N5O4S2.C20H25N5O3S2/c1-4-24-21(30)28-22-27-17-11-16(15-13-25-20(26-14-15)23(2,3)31)18(12-19(17)34-22)33-10-7-29-5-8-32-9-6-29;1-4-23-21(30)28-22-27-18-8-13(14-9-25-20(12(2)29)26-10-14)7-16(19(18)32-22)17-6-5-15(31-3)11-24-17;1-5-21-18(26)25-19-24-14-8-13(12-10-22-17(23-11-12)20(2,3)27)16(9-15(14)30-19)31(28)7-6-29-4;1-5-21-18(26)25-19-24-14-8-13(12-10-22-17(23-11-12)20(2,3)27)15(9-16(14)30-19)29-7-6-28-4/h11-14,31H,4-10H2,1-3H3,(H2,24,27,28,30);5-12,29H,4H2,1-3H3,(H2,23,27,28,30);8-11,27H,5-7H2,1-4H3,(H2,21,24,25,26);8-11,27H,5-7H2,1-4H3,(H2,21,24,25,26)/t;12-;;/m.1../s1. The van der Waals surface area contributed by atoms with Gasteiger partial charge in [-0.25, -0.2) is 79.0 Å². The van der Waals surface area contributed by atoms with Crippen molar-refractivity contribution in [3.63, 3.8) is 0 Å². The predicted molar refractivity (Wildman–Crippen MR) is 498 cm³/mol. The van der Waals surface area contributed by atoms with Crippen molar-refractivity contribution in [1.29, 1.82) is 0 Å². The average molecular weight is 1850 g/mol. The molecule has 12 N–H and O–H groups in total. The molecule has 42 heteroatoms. The normalized spacial score (nSPS) is 12.8. The highest BCUT2D eigenvalue weighted by Gasteiger charge is 2.27. The lowest BCUT2D eigenvalue weighted by Gasteiger charge is -2.26. The van der Waals surface area contributed by atoms with Gasteiger partial charge in [0, 0.05) is 176 Å². The van der Waals surface area contributed by atoms with Crippen molar-refractivity contribution in [2.24, 2.45) is 0 Å². The number of urea groups is 4. The number of amides is 8. The van der Waals surface area contributed by atoms with Crippen molar-refractivity contribution in [1.82, 2.24) is 91.0 Å². The van der Waals surface area contributed by atoms with Crippen molar-refractivity contribution < 1.29 is 67.5 Å². The van der Waals surface area contributed by atoms with Gasteiger partial charge >= 0.3 is 24.1 Å². The highest BCUT2D eigenvalue weighted by Crippen LogP contribution is 2.43. The zero-order valence-electron chi connectivity index (χ0n) is 72.5. The van der Waals surface area contributed by atoms with Crippen molar-refractivity contribution in [3.05, 3.63) is 140 Å². The molecule has 13 aromatic rings. The van der Waals surface area contributed by atoms with Crippen LogP contribution < -0.4 is 52.0 Å². The first-order valence-electron chi connectivity index (χ1n) is 40.4. The van der Waals surface area contributed by atoms with E-state index in [1.807, 2.05) is 82.3 Å². The number of anilines is 4. The minimum Gasteiger partial charge on any atom is -0.495 e. The summed E-state index contributed by atoms with van der Waals surface area (Å²) in [6.45, 7) is 26.5. The zero-order chi connectivity index (χ0) is 91.1. The molecular formula is C85H102N22O14S6. The Morgan fingerprint density at radius 2 is 0.945 bits per heavy atom. The van der Waals surface area contributed by atoms with E-state index in [-0.39, 0.29) is 24.1 Å². The van der Waals surface area contributed by atoms with E-state index in [1.165, 1.54) is 45.3 Å². The molecule has 9 aromatic heterocycles. The average Bonchev–Trinajstić information content (AvgIpc) is 1.69. The number of methoxy groups -OCH3 is 3. The number of pyridine rings is 1. The Morgan fingerprint density at radius 3 is 1.40 bits per heavy atom. The number of fused-ring (bicyclic) bond motifs is 4. The number of thiazole rings is 4. The zero-order valence-corrected chi connectivity index (χ0v) is 77.4. The molecule has 0 radical (unpaired) electrons. The molecule has 4 aromatic carbocycles. The number of benzene rings is 4. The molecule has 14 rings (SSSR count). The first kappa shape index (κ1) is 96.4. The Labute approximate surface area is 755 Å². The number of rotatable bonds is 30. The lowest BCUT2D eigenvalue weighted by molar-refractivity contribution is 0.0323. The quantitative estimate of drug-likeness (QED) is 0.0147. The summed E-state index contributed by atoms with van der Waals surface area (Å²) in [5.41, 5.74) is 7.37. The van der Waals surface area contributed by atoms with Crippen LogP contribution in [0.2, 0.25) is 0 Å². The second-order valence-corrected chi connectivity index (χ2v) is 36.4. The van der Waals surface area contributed by atoms with Gasteiger partial charge in [-0.3, -0.25) is 35.4 Å². The van der Waals surface area contributed by atoms with Crippen LogP contribution >= 0.6 is 57.1 Å². The van der Waals surface area contributed by atoms with Crippen LogP contribution in [0.4, 0.5) is 39.7 Å². The number of aromatic nitrogens is 13. The molecule has 1 unspecified atom stereocenters. The van der Waals surface area contributed by atoms with Crippen LogP contribution in [0.5, 0.6) is 11.5 Å². The molecule has 1 aliphatic heterocycles. The first-order valence-corrected chi connectivity index (χ1v) is 46.0. The smallest absolute Gasteiger partial charge is 0.321 e. The van der Waals surface area contributed by atoms with Crippen LogP contribution in [0.25, 0.3) is 96.6 Å². The second-order valence-electron chi connectivity index (χ2n) is 29.7. The molecule has 672 valence electrons. The molecule has 127 heavy (non-hydrogen) atoms. The SMILES string of the molecule is CCNC(=O)Nc1nc2cc(-c3cnc(C(C)(C)O)nc3)c(OCCN3CCOCC3)cc2s1.CCNC(=O)Nc1nc2cc(-c3cnc(C(C)(C)O)nc3)c(S(=O)CCOC)cc2s1.CCNC(=O)Nc1nc2cc(-c3cnc(C(C)(C)O)nc3)c(SCCOC)cc2s1.CCNC(=O)Nc1nc2cc(-c3cnc([C@@H](C)O)nc3)cc(-c3ccc(OC)cn3)c2s1. The van der Waals surface area contributed by atoms with Crippen molar-refractivity contribution in [3.8, 4) is 67.3 Å². The summed E-state index contributed by atoms with van der Waals surface area (Å²) in [6.07, 6.45) is 14.2. The molecule has 8 amide bonds. The van der Waals surface area contributed by atoms with Gasteiger partial charge in [0.1, 0.15) is 41.0 Å². The fourth-order valence-electron chi connectivity index (χ4n) is 12.1. The lowest BCUT2D eigenvalue weighted by atomic mass is 10.0. The Kier molecular flexibility index (Phi) is 34.1. The van der Waals surface area contributed by atoms with Gasteiger partial charge in [-0.2, -0.15) is 0 Å². The number of morpholine rings is 1. The van der Waals surface area contributed by atoms with Gasteiger partial charge in [0.05, 0.1) is 103 Å². The number of hydrogen-bond acceptors (Lipinski definition) is 33. The molecule has 0 aliphatic carbocycles. The summed E-state index contributed by atoms with van der Waals surface area (Å²) in [6, 6.07) is 18.0. The Morgan fingerprint density at radius 1 is 0.504 bits per heavy atom. The number of aliphatic hydroxyl groups excluding tert-OH is 1. The van der Waals surface area contributed by atoms with E-state index in [2.05, 4.69) is 118 Å². The van der Waals surface area contributed by atoms with Crippen molar-refractivity contribution in [2.75, 3.05) is 133 Å². The van der Waals surface area contributed by atoms with E-state index >= 15 is 0 Å². The Hall–Kier alpha value is -11.2. The molecule has 10 heterocycles. The van der Waals surface area contributed by atoms with E-state index in [9.17, 15) is 43.8 Å². The first-order chi connectivity index (χ1) is 60.8. The van der Waals surface area contributed by atoms with Crippen LogP contribution in [-0.2, 0) is 41.8 Å². The molecule has 0 saturated carbocycles. The molecule has 0 bridgehead atoms. The van der Waals surface area contributed by atoms with Gasteiger partial charge in [0.2, 0.25) is 0 Å². The van der Waals surface area contributed by atoms with Gasteiger partial charge in [-0.15, -0.1) is 11.8 Å². The van der Waals surface area contributed by atoms with Crippen LogP contribution in [0.1, 0.15) is 106 Å². The number of nitrogens with one attached hydrogen (secondary N) is 8. The van der Waals surface area contributed by atoms with E-state index in [4.69, 9.17) is 23.7 Å². The third-order valence-electron chi connectivity index (χ3n) is 18.4. The van der Waals surface area contributed by atoms with Crippen LogP contribution in [0, 0.1) is 0 Å². The van der Waals surface area contributed by atoms with Crippen LogP contribution in [0.15, 0.2) is 126 Å². The second kappa shape index (κ2) is 45.0. The minimum atomic E-state index is -1.33. The summed E-state index contributed by atoms with van der Waals surface area (Å²) in [5.74, 6) is 3.83. The number of ether oxygens (including phenoxy) is 5. The van der Waals surface area contributed by atoms with Gasteiger partial charge < -0.3 is 65.4 Å². The number of hydrogen-bond donors (Lipinski definition) is 12. The van der Waals surface area contributed by atoms with Gasteiger partial charge in [-0.1, -0.05) is 45.3 Å². The van der Waals surface area contributed by atoms with E-state index in [0.717, 1.165) is 118 Å². The van der Waals surface area contributed by atoms with Gasteiger partial charge in [0.25, 0.3) is 0 Å². The molecule has 36 nitrogen and oxygen atoms in total. The van der Waals surface area contributed by atoms with E-state index in [0.29, 0.717) is 134 Å². The van der Waals surface area contributed by atoms with E-state index in [1.54, 1.807) is 137 Å². The number of thioether (sulfide) groups is 1. The monoisotopic (exact) mass is 1850 g/mol. The highest BCUT2D eigenvalue weighted by molar-refractivity contribution is 7.99. The molecule has 2 atom stereocenters. The molecule has 1 saturated heterocycles. The molecule has 1 fully saturated rings. The largest absolute Gasteiger partial charge is 0.495 e. The number of nitrogens with zero attached hydrogens (tertiary/aromatic N) is 14. The fourth-order valence-corrected chi connectivity index (χ4v) is 18.1. The van der Waals surface area contributed by atoms with Crippen molar-refractivity contribution in [2.45, 2.75) is 109 Å². The Bertz CT molecular complexity index is 5910. The topological polar surface area (TPSA) is 479 Å². The molecule has 1 aliphatic rings. The summed E-state index contributed by atoms with van der Waals surface area (Å²) in [5, 5.41) is 63.8. The van der Waals surface area contributed by atoms with Crippen LogP contribution in [0.3, 0.4) is 0 Å². The molecule has 0 spiro atoms. The third kappa shape index (κ3) is 26.7. The summed E-state index contributed by atoms with van der Waals surface area (Å²) in [4.78, 5) is 109. The summed E-state index contributed by atoms with van der Waals surface area (Å²) >= 11 is 7.15. The van der Waals surface area contributed by atoms with Gasteiger partial charge in [-0.05, 0) is 136 Å². The Balaban J connectivity index is 0.000000164. The van der Waals surface area contributed by atoms with Crippen molar-refractivity contribution >= 4 is 153 Å². The summed E-state index contributed by atoms with van der Waals surface area (Å²) in [7, 11) is 3.50. The third-order valence-corrected chi connectivity index (χ3v) is 24.6. The van der Waals surface area contributed by atoms with E-state index < -0.39 is 33.7 Å². The molecular weight excluding hydrogens is 1750 g/mol. The summed E-state index contributed by atoms with van der Waals surface area (Å²) < 4.78 is 43.7. The number of carbonyl (C=O) groups is 4. The fraction of sp³-hybridized carbons (Fsp3) is 0.376.